The minimum Gasteiger partial charge on any atom is -0.364 e. The van der Waals surface area contributed by atoms with Crippen LogP contribution in [0.4, 0.5) is 5.82 Å². The molecule has 102 valence electrons. The van der Waals surface area contributed by atoms with Crippen LogP contribution in [0, 0.1) is 0 Å². The molecule has 2 heterocycles. The summed E-state index contributed by atoms with van der Waals surface area (Å²) in [5, 5.41) is 11.6. The molecule has 1 amide bonds. The van der Waals surface area contributed by atoms with Crippen molar-refractivity contribution in [1.82, 2.24) is 19.6 Å². The van der Waals surface area contributed by atoms with Crippen LogP contribution in [-0.2, 0) is 13.6 Å². The first-order valence-corrected chi connectivity index (χ1v) is 6.08. The molecule has 0 saturated carbocycles. The zero-order chi connectivity index (χ0) is 14.0. The van der Waals surface area contributed by atoms with Crippen molar-refractivity contribution >= 4 is 11.7 Å². The quantitative estimate of drug-likeness (QED) is 0.837. The summed E-state index contributed by atoms with van der Waals surface area (Å²) in [4.78, 5) is 11.1. The Hall–Kier alpha value is -2.31. The average Bonchev–Trinajstić information content (AvgIpc) is 2.92. The normalized spacial score (nSPS) is 10.9. The standard InChI is InChI=1S/C12H18N6O/c1-8(2)18-7-9(6-15-18)5-14-11-4-10(12(13)19)17(3)16-11/h4,6-8H,5H2,1-3H3,(H2,13,19)(H,14,16). The molecule has 0 fully saturated rings. The van der Waals surface area contributed by atoms with Crippen molar-refractivity contribution < 1.29 is 4.79 Å². The molecule has 0 aliphatic carbocycles. The summed E-state index contributed by atoms with van der Waals surface area (Å²) >= 11 is 0. The number of nitrogens with zero attached hydrogens (tertiary/aromatic N) is 4. The largest absolute Gasteiger partial charge is 0.364 e. The van der Waals surface area contributed by atoms with Gasteiger partial charge in [-0.3, -0.25) is 14.2 Å². The van der Waals surface area contributed by atoms with Gasteiger partial charge in [-0.2, -0.15) is 10.2 Å². The number of amides is 1. The van der Waals surface area contributed by atoms with Gasteiger partial charge in [0.2, 0.25) is 0 Å². The highest BCUT2D eigenvalue weighted by Crippen LogP contribution is 2.10. The summed E-state index contributed by atoms with van der Waals surface area (Å²) in [6.07, 6.45) is 3.79. The SMILES string of the molecule is CC(C)n1cc(CNc2cc(C(N)=O)n(C)n2)cn1. The van der Waals surface area contributed by atoms with Gasteiger partial charge in [-0.05, 0) is 13.8 Å². The fourth-order valence-electron chi connectivity index (χ4n) is 1.73. The van der Waals surface area contributed by atoms with Gasteiger partial charge in [0.1, 0.15) is 11.5 Å². The molecule has 0 aromatic carbocycles. The monoisotopic (exact) mass is 262 g/mol. The van der Waals surface area contributed by atoms with E-state index in [-0.39, 0.29) is 0 Å². The molecular weight excluding hydrogens is 244 g/mol. The molecule has 0 radical (unpaired) electrons. The number of nitrogens with two attached hydrogens (primary N) is 1. The van der Waals surface area contributed by atoms with Crippen LogP contribution in [0.1, 0.15) is 35.9 Å². The number of carbonyl (C=O) groups is 1. The predicted molar refractivity (Wildman–Crippen MR) is 71.7 cm³/mol. The lowest BCUT2D eigenvalue weighted by Gasteiger charge is -2.03. The maximum Gasteiger partial charge on any atom is 0.267 e. The Balaban J connectivity index is 2.02. The number of aromatic nitrogens is 4. The summed E-state index contributed by atoms with van der Waals surface area (Å²) in [6.45, 7) is 4.74. The molecule has 0 atom stereocenters. The van der Waals surface area contributed by atoms with Gasteiger partial charge in [-0.25, -0.2) is 0 Å². The Morgan fingerprint density at radius 2 is 2.26 bits per heavy atom. The van der Waals surface area contributed by atoms with Gasteiger partial charge in [0, 0.05) is 37.5 Å². The van der Waals surface area contributed by atoms with Crippen LogP contribution in [-0.4, -0.2) is 25.5 Å². The van der Waals surface area contributed by atoms with Crippen molar-refractivity contribution in [2.45, 2.75) is 26.4 Å². The third-order valence-corrected chi connectivity index (χ3v) is 2.79. The molecule has 2 aromatic heterocycles. The van der Waals surface area contributed by atoms with Gasteiger partial charge in [-0.1, -0.05) is 0 Å². The van der Waals surface area contributed by atoms with E-state index in [1.807, 2.05) is 17.1 Å². The van der Waals surface area contributed by atoms with E-state index in [1.165, 1.54) is 4.68 Å². The molecule has 7 nitrogen and oxygen atoms in total. The fraction of sp³-hybridized carbons (Fsp3) is 0.417. The van der Waals surface area contributed by atoms with Crippen molar-refractivity contribution in [2.24, 2.45) is 12.8 Å². The zero-order valence-electron chi connectivity index (χ0n) is 11.3. The lowest BCUT2D eigenvalue weighted by atomic mass is 10.3. The van der Waals surface area contributed by atoms with Gasteiger partial charge in [-0.15, -0.1) is 0 Å². The Bertz CT molecular complexity index is 583. The highest BCUT2D eigenvalue weighted by molar-refractivity contribution is 5.91. The van der Waals surface area contributed by atoms with E-state index in [4.69, 9.17) is 5.73 Å². The van der Waals surface area contributed by atoms with Crippen molar-refractivity contribution in [3.8, 4) is 0 Å². The van der Waals surface area contributed by atoms with Crippen LogP contribution in [0.15, 0.2) is 18.5 Å². The first kappa shape index (κ1) is 13.1. The minimum absolute atomic E-state index is 0.338. The summed E-state index contributed by atoms with van der Waals surface area (Å²) in [5.74, 6) is 0.129. The molecule has 0 aliphatic rings. The number of hydrogen-bond acceptors (Lipinski definition) is 4. The Morgan fingerprint density at radius 3 is 2.79 bits per heavy atom. The van der Waals surface area contributed by atoms with Crippen molar-refractivity contribution in [1.29, 1.82) is 0 Å². The molecule has 7 heteroatoms. The summed E-state index contributed by atoms with van der Waals surface area (Å²) in [7, 11) is 1.68. The van der Waals surface area contributed by atoms with Crippen LogP contribution in [0.3, 0.4) is 0 Å². The number of primary amides is 1. The lowest BCUT2D eigenvalue weighted by Crippen LogP contribution is -2.15. The predicted octanol–water partition coefficient (Wildman–Crippen LogP) is 0.908. The van der Waals surface area contributed by atoms with Crippen molar-refractivity contribution in [3.05, 3.63) is 29.7 Å². The minimum atomic E-state index is -0.490. The van der Waals surface area contributed by atoms with E-state index in [1.54, 1.807) is 13.1 Å². The average molecular weight is 262 g/mol. The van der Waals surface area contributed by atoms with E-state index in [0.717, 1.165) is 5.56 Å². The van der Waals surface area contributed by atoms with Crippen LogP contribution in [0.5, 0.6) is 0 Å². The van der Waals surface area contributed by atoms with E-state index >= 15 is 0 Å². The van der Waals surface area contributed by atoms with Crippen molar-refractivity contribution in [2.75, 3.05) is 5.32 Å². The van der Waals surface area contributed by atoms with Gasteiger partial charge < -0.3 is 11.1 Å². The maximum absolute atomic E-state index is 11.1. The highest BCUT2D eigenvalue weighted by atomic mass is 16.1. The zero-order valence-corrected chi connectivity index (χ0v) is 11.3. The first-order chi connectivity index (χ1) is 8.97. The molecule has 2 rings (SSSR count). The molecule has 0 aliphatic heterocycles. The van der Waals surface area contributed by atoms with Gasteiger partial charge in [0.15, 0.2) is 0 Å². The van der Waals surface area contributed by atoms with Gasteiger partial charge in [0.25, 0.3) is 5.91 Å². The maximum atomic E-state index is 11.1. The number of carbonyl (C=O) groups excluding carboxylic acids is 1. The number of hydrogen-bond donors (Lipinski definition) is 2. The van der Waals surface area contributed by atoms with E-state index in [9.17, 15) is 4.79 Å². The van der Waals surface area contributed by atoms with Gasteiger partial charge in [0.05, 0.1) is 6.20 Å². The summed E-state index contributed by atoms with van der Waals surface area (Å²) in [6, 6.07) is 1.97. The smallest absolute Gasteiger partial charge is 0.267 e. The molecule has 0 unspecified atom stereocenters. The second-order valence-electron chi connectivity index (χ2n) is 4.68. The van der Waals surface area contributed by atoms with E-state index < -0.39 is 5.91 Å². The number of anilines is 1. The molecule has 3 N–H and O–H groups in total. The van der Waals surface area contributed by atoms with Crippen molar-refractivity contribution in [3.63, 3.8) is 0 Å². The highest BCUT2D eigenvalue weighted by Gasteiger charge is 2.09. The van der Waals surface area contributed by atoms with Crippen LogP contribution < -0.4 is 11.1 Å². The molecular formula is C12H18N6O. The lowest BCUT2D eigenvalue weighted by molar-refractivity contribution is 0.0991. The van der Waals surface area contributed by atoms with Crippen LogP contribution in [0.25, 0.3) is 0 Å². The fourth-order valence-corrected chi connectivity index (χ4v) is 1.73. The number of aryl methyl sites for hydroxylation is 1. The Kier molecular flexibility index (Phi) is 3.55. The topological polar surface area (TPSA) is 90.8 Å². The third-order valence-electron chi connectivity index (χ3n) is 2.79. The summed E-state index contributed by atoms with van der Waals surface area (Å²) in [5.41, 5.74) is 6.66. The van der Waals surface area contributed by atoms with Crippen LogP contribution >= 0.6 is 0 Å². The van der Waals surface area contributed by atoms with Crippen LogP contribution in [0.2, 0.25) is 0 Å². The first-order valence-electron chi connectivity index (χ1n) is 6.08. The third kappa shape index (κ3) is 2.93. The molecule has 19 heavy (non-hydrogen) atoms. The summed E-state index contributed by atoms with van der Waals surface area (Å²) < 4.78 is 3.35. The van der Waals surface area contributed by atoms with E-state index in [2.05, 4.69) is 29.4 Å². The number of nitrogens with one attached hydrogen (secondary N) is 1. The second-order valence-corrected chi connectivity index (χ2v) is 4.68. The molecule has 0 bridgehead atoms. The number of rotatable bonds is 5. The van der Waals surface area contributed by atoms with Gasteiger partial charge >= 0.3 is 0 Å². The van der Waals surface area contributed by atoms with E-state index in [0.29, 0.717) is 24.1 Å². The second kappa shape index (κ2) is 5.13. The Morgan fingerprint density at radius 1 is 1.53 bits per heavy atom. The molecule has 0 saturated heterocycles. The molecule has 0 spiro atoms. The Labute approximate surface area is 111 Å². The molecule has 2 aromatic rings.